The van der Waals surface area contributed by atoms with Crippen LogP contribution in [-0.4, -0.2) is 49.5 Å². The first-order chi connectivity index (χ1) is 15.3. The molecule has 0 spiro atoms. The molecule has 172 valence electrons. The van der Waals surface area contributed by atoms with Crippen LogP contribution in [0, 0.1) is 0 Å². The van der Waals surface area contributed by atoms with Gasteiger partial charge in [-0.15, -0.1) is 0 Å². The average Bonchev–Trinajstić information content (AvgIpc) is 2.79. The van der Waals surface area contributed by atoms with Crippen LogP contribution in [0.1, 0.15) is 30.1 Å². The van der Waals surface area contributed by atoms with Crippen molar-refractivity contribution in [2.45, 2.75) is 25.1 Å². The number of anilines is 1. The van der Waals surface area contributed by atoms with Crippen LogP contribution < -0.4 is 10.6 Å². The summed E-state index contributed by atoms with van der Waals surface area (Å²) in [5, 5.41) is 4.83. The Balaban J connectivity index is 1.33. The molecule has 1 aliphatic heterocycles. The Morgan fingerprint density at radius 1 is 1.00 bits per heavy atom. The number of ether oxygens (including phenoxy) is 1. The van der Waals surface area contributed by atoms with E-state index in [2.05, 4.69) is 27.7 Å². The molecule has 32 heavy (non-hydrogen) atoms. The van der Waals surface area contributed by atoms with E-state index in [1.54, 1.807) is 0 Å². The summed E-state index contributed by atoms with van der Waals surface area (Å²) in [6.45, 7) is 3.53. The molecule has 1 atom stereocenters. The number of carbonyl (C=O) groups is 2. The van der Waals surface area contributed by atoms with Gasteiger partial charge in [0.15, 0.2) is 0 Å². The van der Waals surface area contributed by atoms with Gasteiger partial charge in [-0.1, -0.05) is 30.3 Å². The van der Waals surface area contributed by atoms with Crippen molar-refractivity contribution in [3.63, 3.8) is 0 Å². The highest BCUT2D eigenvalue weighted by Crippen LogP contribution is 2.29. The normalized spacial score (nSPS) is 17.0. The van der Waals surface area contributed by atoms with E-state index >= 15 is 0 Å². The minimum atomic E-state index is -4.45. The molecular formula is C23H26F3N3O3. The van der Waals surface area contributed by atoms with Crippen LogP contribution in [0.2, 0.25) is 0 Å². The molecule has 2 amide bonds. The molecule has 0 aliphatic carbocycles. The maximum atomic E-state index is 12.6. The topological polar surface area (TPSA) is 70.7 Å². The molecule has 2 aromatic rings. The second kappa shape index (κ2) is 11.1. The number of nitrogens with one attached hydrogen (secondary N) is 2. The number of amides is 2. The van der Waals surface area contributed by atoms with Crippen LogP contribution in [0.3, 0.4) is 0 Å². The molecule has 1 saturated heterocycles. The van der Waals surface area contributed by atoms with Crippen molar-refractivity contribution < 1.29 is 27.5 Å². The number of halogens is 3. The van der Waals surface area contributed by atoms with Crippen LogP contribution in [0.15, 0.2) is 54.6 Å². The Hall–Kier alpha value is -2.91. The lowest BCUT2D eigenvalue weighted by Crippen LogP contribution is -2.39. The van der Waals surface area contributed by atoms with Crippen molar-refractivity contribution in [1.82, 2.24) is 10.2 Å². The van der Waals surface area contributed by atoms with Gasteiger partial charge < -0.3 is 15.4 Å². The second-order valence-electron chi connectivity index (χ2n) is 7.56. The van der Waals surface area contributed by atoms with Crippen LogP contribution in [-0.2, 0) is 20.5 Å². The Labute approximate surface area is 184 Å². The molecule has 1 fully saturated rings. The number of benzene rings is 2. The fourth-order valence-corrected chi connectivity index (χ4v) is 3.45. The Morgan fingerprint density at radius 2 is 1.72 bits per heavy atom. The zero-order chi connectivity index (χ0) is 23.0. The second-order valence-corrected chi connectivity index (χ2v) is 7.56. The summed E-state index contributed by atoms with van der Waals surface area (Å²) in [7, 11) is 0. The highest BCUT2D eigenvalue weighted by atomic mass is 19.4. The number of carbonyl (C=O) groups excluding carboxylic acids is 2. The van der Waals surface area contributed by atoms with Gasteiger partial charge in [0.1, 0.15) is 0 Å². The first kappa shape index (κ1) is 23.7. The van der Waals surface area contributed by atoms with Crippen molar-refractivity contribution in [1.29, 1.82) is 0 Å². The SMILES string of the molecule is O=C(NCCCCN1CCO[C@@H](c2ccccc2)C1)C(=O)Nc1ccc(C(F)(F)F)cc1. The lowest BCUT2D eigenvalue weighted by Gasteiger charge is -2.33. The monoisotopic (exact) mass is 449 g/mol. The van der Waals surface area contributed by atoms with E-state index in [0.29, 0.717) is 19.6 Å². The lowest BCUT2D eigenvalue weighted by atomic mass is 10.1. The molecule has 0 aromatic heterocycles. The number of nitrogens with zero attached hydrogens (tertiary/aromatic N) is 1. The number of hydrogen-bond donors (Lipinski definition) is 2. The summed E-state index contributed by atoms with van der Waals surface area (Å²) in [4.78, 5) is 26.1. The van der Waals surface area contributed by atoms with Gasteiger partial charge >= 0.3 is 18.0 Å². The third-order valence-electron chi connectivity index (χ3n) is 5.18. The van der Waals surface area contributed by atoms with E-state index in [-0.39, 0.29) is 11.8 Å². The molecule has 0 saturated carbocycles. The molecule has 0 unspecified atom stereocenters. The van der Waals surface area contributed by atoms with E-state index in [1.165, 1.54) is 0 Å². The molecule has 1 aliphatic rings. The maximum Gasteiger partial charge on any atom is 0.416 e. The van der Waals surface area contributed by atoms with E-state index in [4.69, 9.17) is 4.74 Å². The zero-order valence-electron chi connectivity index (χ0n) is 17.5. The average molecular weight is 449 g/mol. The number of rotatable bonds is 7. The van der Waals surface area contributed by atoms with Crippen molar-refractivity contribution in [3.05, 3.63) is 65.7 Å². The summed E-state index contributed by atoms with van der Waals surface area (Å²) in [6, 6.07) is 14.0. The minimum absolute atomic E-state index is 0.0542. The fourth-order valence-electron chi connectivity index (χ4n) is 3.45. The molecule has 0 bridgehead atoms. The molecule has 3 rings (SSSR count). The lowest BCUT2D eigenvalue weighted by molar-refractivity contribution is -0.137. The van der Waals surface area contributed by atoms with Gasteiger partial charge in [0.2, 0.25) is 0 Å². The molecule has 2 N–H and O–H groups in total. The quantitative estimate of drug-likeness (QED) is 0.501. The smallest absolute Gasteiger partial charge is 0.371 e. The first-order valence-electron chi connectivity index (χ1n) is 10.5. The van der Waals surface area contributed by atoms with Crippen molar-refractivity contribution in [3.8, 4) is 0 Å². The van der Waals surface area contributed by atoms with Crippen LogP contribution in [0.25, 0.3) is 0 Å². The maximum absolute atomic E-state index is 12.6. The van der Waals surface area contributed by atoms with Gasteiger partial charge in [0, 0.05) is 25.3 Å². The number of alkyl halides is 3. The van der Waals surface area contributed by atoms with Gasteiger partial charge in [-0.2, -0.15) is 13.2 Å². The summed E-state index contributed by atoms with van der Waals surface area (Å²) in [5.41, 5.74) is 0.456. The van der Waals surface area contributed by atoms with Crippen molar-refractivity contribution in [2.24, 2.45) is 0 Å². The van der Waals surface area contributed by atoms with Gasteiger partial charge in [-0.05, 0) is 49.2 Å². The molecule has 1 heterocycles. The largest absolute Gasteiger partial charge is 0.416 e. The van der Waals surface area contributed by atoms with Gasteiger partial charge in [-0.25, -0.2) is 0 Å². The summed E-state index contributed by atoms with van der Waals surface area (Å²) < 4.78 is 43.6. The predicted molar refractivity (Wildman–Crippen MR) is 114 cm³/mol. The molecule has 6 nitrogen and oxygen atoms in total. The van der Waals surface area contributed by atoms with Crippen molar-refractivity contribution in [2.75, 3.05) is 38.1 Å². The van der Waals surface area contributed by atoms with Gasteiger partial charge in [0.25, 0.3) is 0 Å². The third kappa shape index (κ3) is 7.06. The van der Waals surface area contributed by atoms with Crippen LogP contribution in [0.4, 0.5) is 18.9 Å². The Morgan fingerprint density at radius 3 is 2.41 bits per heavy atom. The summed E-state index contributed by atoms with van der Waals surface area (Å²) in [6.07, 6.45) is -2.85. The predicted octanol–water partition coefficient (Wildman–Crippen LogP) is 3.61. The third-order valence-corrected chi connectivity index (χ3v) is 5.18. The molecule has 2 aromatic carbocycles. The van der Waals surface area contributed by atoms with E-state index in [9.17, 15) is 22.8 Å². The van der Waals surface area contributed by atoms with Gasteiger partial charge in [0.05, 0.1) is 18.3 Å². The first-order valence-corrected chi connectivity index (χ1v) is 10.5. The van der Waals surface area contributed by atoms with E-state index in [0.717, 1.165) is 55.9 Å². The highest BCUT2D eigenvalue weighted by molar-refractivity contribution is 6.39. The summed E-state index contributed by atoms with van der Waals surface area (Å²) in [5.74, 6) is -1.73. The Bertz CT molecular complexity index is 889. The number of morpholine rings is 1. The fraction of sp³-hybridized carbons (Fsp3) is 0.391. The zero-order valence-corrected chi connectivity index (χ0v) is 17.5. The standard InChI is InChI=1S/C23H26F3N3O3/c24-23(25,26)18-8-10-19(11-9-18)28-22(31)21(30)27-12-4-5-13-29-14-15-32-20(16-29)17-6-2-1-3-7-17/h1-3,6-11,20H,4-5,12-16H2,(H,27,30)(H,28,31)/t20-/m1/s1. The molecule has 0 radical (unpaired) electrons. The van der Waals surface area contributed by atoms with Gasteiger partial charge in [-0.3, -0.25) is 14.5 Å². The van der Waals surface area contributed by atoms with E-state index in [1.807, 2.05) is 18.2 Å². The van der Waals surface area contributed by atoms with Crippen LogP contribution in [0.5, 0.6) is 0 Å². The Kier molecular flexibility index (Phi) is 8.24. The molecular weight excluding hydrogens is 423 g/mol. The minimum Gasteiger partial charge on any atom is -0.371 e. The number of hydrogen-bond acceptors (Lipinski definition) is 4. The summed E-state index contributed by atoms with van der Waals surface area (Å²) >= 11 is 0. The van der Waals surface area contributed by atoms with E-state index < -0.39 is 23.6 Å². The highest BCUT2D eigenvalue weighted by Gasteiger charge is 2.30. The van der Waals surface area contributed by atoms with Crippen molar-refractivity contribution >= 4 is 17.5 Å². The molecule has 9 heteroatoms. The van der Waals surface area contributed by atoms with Crippen LogP contribution >= 0.6 is 0 Å². The number of unbranched alkanes of at least 4 members (excludes halogenated alkanes) is 1.